The molecule has 2 aromatic carbocycles. The van der Waals surface area contributed by atoms with Gasteiger partial charge in [-0.25, -0.2) is 0 Å². The summed E-state index contributed by atoms with van der Waals surface area (Å²) in [6, 6.07) is 14.9. The quantitative estimate of drug-likeness (QED) is 0.642. The van der Waals surface area contributed by atoms with Crippen molar-refractivity contribution in [3.63, 3.8) is 0 Å². The second kappa shape index (κ2) is 9.03. The lowest BCUT2D eigenvalue weighted by Gasteiger charge is -2.35. The fourth-order valence-electron chi connectivity index (χ4n) is 4.36. The Morgan fingerprint density at radius 3 is 2.67 bits per heavy atom. The molecular formula is C24H25N5O4. The molecule has 5 rings (SSSR count). The lowest BCUT2D eigenvalue weighted by molar-refractivity contribution is -0.126. The molecule has 1 N–H and O–H groups in total. The van der Waals surface area contributed by atoms with Gasteiger partial charge in [0, 0.05) is 11.5 Å². The van der Waals surface area contributed by atoms with Crippen LogP contribution in [0.1, 0.15) is 18.7 Å². The van der Waals surface area contributed by atoms with Crippen LogP contribution in [0.25, 0.3) is 11.4 Å². The van der Waals surface area contributed by atoms with Gasteiger partial charge in [0.15, 0.2) is 0 Å². The SMILES string of the molecule is COc1ccc(-c2noc(CN3CCC(C(=O)N4CC(=O)Nc5ccccc54)CC3)n2)cc1. The van der Waals surface area contributed by atoms with Crippen LogP contribution < -0.4 is 15.0 Å². The molecule has 3 aromatic rings. The van der Waals surface area contributed by atoms with E-state index in [0.717, 1.165) is 42.9 Å². The van der Waals surface area contributed by atoms with Crippen LogP contribution in [0.3, 0.4) is 0 Å². The molecule has 9 nitrogen and oxygen atoms in total. The molecule has 0 saturated carbocycles. The van der Waals surface area contributed by atoms with Crippen LogP contribution in [0.15, 0.2) is 53.1 Å². The number of rotatable bonds is 5. The fourth-order valence-corrected chi connectivity index (χ4v) is 4.36. The Kier molecular flexibility index (Phi) is 5.78. The van der Waals surface area contributed by atoms with Gasteiger partial charge in [0.05, 0.1) is 25.0 Å². The maximum Gasteiger partial charge on any atom is 0.244 e. The molecule has 0 spiro atoms. The Labute approximate surface area is 191 Å². The average molecular weight is 447 g/mol. The molecule has 9 heteroatoms. The first kappa shape index (κ1) is 21.1. The lowest BCUT2D eigenvalue weighted by atomic mass is 9.94. The number of fused-ring (bicyclic) bond motifs is 1. The number of benzene rings is 2. The van der Waals surface area contributed by atoms with Crippen molar-refractivity contribution in [3.8, 4) is 17.1 Å². The van der Waals surface area contributed by atoms with Gasteiger partial charge in [-0.1, -0.05) is 17.3 Å². The van der Waals surface area contributed by atoms with Gasteiger partial charge in [-0.2, -0.15) is 4.98 Å². The largest absolute Gasteiger partial charge is 0.497 e. The molecule has 3 heterocycles. The highest BCUT2D eigenvalue weighted by molar-refractivity contribution is 6.10. The molecule has 0 unspecified atom stereocenters. The van der Waals surface area contributed by atoms with Crippen molar-refractivity contribution in [2.24, 2.45) is 5.92 Å². The van der Waals surface area contributed by atoms with E-state index in [0.29, 0.717) is 23.9 Å². The molecule has 33 heavy (non-hydrogen) atoms. The number of nitrogens with zero attached hydrogens (tertiary/aromatic N) is 4. The van der Waals surface area contributed by atoms with Gasteiger partial charge in [0.1, 0.15) is 12.3 Å². The number of aromatic nitrogens is 2. The Bertz CT molecular complexity index is 1150. The first-order valence-electron chi connectivity index (χ1n) is 11.0. The molecule has 2 amide bonds. The maximum absolute atomic E-state index is 13.2. The summed E-state index contributed by atoms with van der Waals surface area (Å²) in [5.41, 5.74) is 2.31. The highest BCUT2D eigenvalue weighted by Gasteiger charge is 2.33. The van der Waals surface area contributed by atoms with E-state index in [-0.39, 0.29) is 24.3 Å². The molecule has 0 atom stereocenters. The number of para-hydroxylation sites is 2. The summed E-state index contributed by atoms with van der Waals surface area (Å²) in [6.07, 6.45) is 1.44. The molecular weight excluding hydrogens is 422 g/mol. The molecule has 170 valence electrons. The first-order chi connectivity index (χ1) is 16.1. The Hall–Kier alpha value is -3.72. The predicted molar refractivity (Wildman–Crippen MR) is 122 cm³/mol. The molecule has 0 radical (unpaired) electrons. The Balaban J connectivity index is 1.18. The van der Waals surface area contributed by atoms with E-state index in [2.05, 4.69) is 20.4 Å². The summed E-state index contributed by atoms with van der Waals surface area (Å²) in [6.45, 7) is 2.10. The Morgan fingerprint density at radius 2 is 1.91 bits per heavy atom. The minimum atomic E-state index is -0.163. The van der Waals surface area contributed by atoms with Crippen molar-refractivity contribution < 1.29 is 18.8 Å². The molecule has 2 aliphatic heterocycles. The third kappa shape index (κ3) is 4.45. The van der Waals surface area contributed by atoms with Crippen LogP contribution in [-0.2, 0) is 16.1 Å². The number of anilines is 2. The van der Waals surface area contributed by atoms with E-state index in [4.69, 9.17) is 9.26 Å². The van der Waals surface area contributed by atoms with Gasteiger partial charge in [-0.3, -0.25) is 14.5 Å². The first-order valence-corrected chi connectivity index (χ1v) is 11.0. The molecule has 2 aliphatic rings. The summed E-state index contributed by atoms with van der Waals surface area (Å²) in [4.78, 5) is 33.6. The van der Waals surface area contributed by atoms with Crippen LogP contribution in [0.5, 0.6) is 5.75 Å². The number of nitrogens with one attached hydrogen (secondary N) is 1. The van der Waals surface area contributed by atoms with Crippen molar-refractivity contribution in [2.75, 3.05) is 37.0 Å². The summed E-state index contributed by atoms with van der Waals surface area (Å²) in [7, 11) is 1.63. The number of hydrogen-bond acceptors (Lipinski definition) is 7. The van der Waals surface area contributed by atoms with E-state index in [1.807, 2.05) is 48.5 Å². The van der Waals surface area contributed by atoms with Crippen molar-refractivity contribution >= 4 is 23.2 Å². The zero-order chi connectivity index (χ0) is 22.8. The van der Waals surface area contributed by atoms with E-state index in [1.165, 1.54) is 0 Å². The zero-order valence-electron chi connectivity index (χ0n) is 18.4. The highest BCUT2D eigenvalue weighted by atomic mass is 16.5. The van der Waals surface area contributed by atoms with Crippen LogP contribution >= 0.6 is 0 Å². The fraction of sp³-hybridized carbons (Fsp3) is 0.333. The second-order valence-electron chi connectivity index (χ2n) is 8.28. The van der Waals surface area contributed by atoms with Crippen LogP contribution in [-0.4, -0.2) is 53.6 Å². The Morgan fingerprint density at radius 1 is 1.15 bits per heavy atom. The number of likely N-dealkylation sites (tertiary alicyclic amines) is 1. The summed E-state index contributed by atoms with van der Waals surface area (Å²) in [5, 5.41) is 6.92. The number of ether oxygens (including phenoxy) is 1. The van der Waals surface area contributed by atoms with Gasteiger partial charge < -0.3 is 19.5 Å². The summed E-state index contributed by atoms with van der Waals surface area (Å²) < 4.78 is 10.6. The standard InChI is InChI=1S/C24H25N5O4/c1-32-18-8-6-16(7-9-18)23-26-22(33-27-23)15-28-12-10-17(11-13-28)24(31)29-14-21(30)25-19-4-2-3-5-20(19)29/h2-9,17H,10-15H2,1H3,(H,25,30). The topological polar surface area (TPSA) is 101 Å². The zero-order valence-corrected chi connectivity index (χ0v) is 18.4. The summed E-state index contributed by atoms with van der Waals surface area (Å²) in [5.74, 6) is 1.60. The monoisotopic (exact) mass is 447 g/mol. The van der Waals surface area contributed by atoms with Gasteiger partial charge in [0.25, 0.3) is 0 Å². The van der Waals surface area contributed by atoms with Gasteiger partial charge in [-0.05, 0) is 62.3 Å². The number of methoxy groups -OCH3 is 1. The predicted octanol–water partition coefficient (Wildman–Crippen LogP) is 2.94. The minimum absolute atomic E-state index is 0.0107. The van der Waals surface area contributed by atoms with E-state index < -0.39 is 0 Å². The molecule has 0 bridgehead atoms. The average Bonchev–Trinajstić information content (AvgIpc) is 3.32. The van der Waals surface area contributed by atoms with Gasteiger partial charge in [-0.15, -0.1) is 0 Å². The molecule has 1 aromatic heterocycles. The third-order valence-corrected chi connectivity index (χ3v) is 6.15. The normalized spacial score (nSPS) is 16.9. The molecule has 1 saturated heterocycles. The number of piperidine rings is 1. The van der Waals surface area contributed by atoms with E-state index >= 15 is 0 Å². The van der Waals surface area contributed by atoms with Crippen LogP contribution in [0.4, 0.5) is 11.4 Å². The van der Waals surface area contributed by atoms with Crippen molar-refractivity contribution in [3.05, 3.63) is 54.4 Å². The second-order valence-corrected chi connectivity index (χ2v) is 8.28. The number of carbonyl (C=O) groups is 2. The number of amides is 2. The number of carbonyl (C=O) groups excluding carboxylic acids is 2. The third-order valence-electron chi connectivity index (χ3n) is 6.15. The number of hydrogen-bond donors (Lipinski definition) is 1. The van der Waals surface area contributed by atoms with E-state index in [1.54, 1.807) is 12.0 Å². The maximum atomic E-state index is 13.2. The van der Waals surface area contributed by atoms with Crippen LogP contribution in [0, 0.1) is 5.92 Å². The van der Waals surface area contributed by atoms with Crippen molar-refractivity contribution in [2.45, 2.75) is 19.4 Å². The lowest BCUT2D eigenvalue weighted by Crippen LogP contribution is -2.47. The van der Waals surface area contributed by atoms with Gasteiger partial charge in [0.2, 0.25) is 23.5 Å². The van der Waals surface area contributed by atoms with Crippen molar-refractivity contribution in [1.82, 2.24) is 15.0 Å². The van der Waals surface area contributed by atoms with E-state index in [9.17, 15) is 9.59 Å². The van der Waals surface area contributed by atoms with Crippen molar-refractivity contribution in [1.29, 1.82) is 0 Å². The summed E-state index contributed by atoms with van der Waals surface area (Å²) >= 11 is 0. The molecule has 0 aliphatic carbocycles. The molecule has 1 fully saturated rings. The van der Waals surface area contributed by atoms with Gasteiger partial charge >= 0.3 is 0 Å². The highest BCUT2D eigenvalue weighted by Crippen LogP contribution is 2.32. The van der Waals surface area contributed by atoms with Crippen LogP contribution in [0.2, 0.25) is 0 Å². The smallest absolute Gasteiger partial charge is 0.244 e. The minimum Gasteiger partial charge on any atom is -0.497 e.